The molecule has 2 rings (SSSR count). The van der Waals surface area contributed by atoms with E-state index in [0.29, 0.717) is 13.0 Å². The predicted molar refractivity (Wildman–Crippen MR) is 75.5 cm³/mol. The highest BCUT2D eigenvalue weighted by Crippen LogP contribution is 2.10. The van der Waals surface area contributed by atoms with Crippen LogP contribution in [-0.2, 0) is 13.0 Å². The summed E-state index contributed by atoms with van der Waals surface area (Å²) in [6.45, 7) is 2.37. The summed E-state index contributed by atoms with van der Waals surface area (Å²) in [5.41, 5.74) is 0.940. The zero-order chi connectivity index (χ0) is 13.1. The lowest BCUT2D eigenvalue weighted by atomic mass is 10.3. The monoisotopic (exact) mass is 300 g/mol. The summed E-state index contributed by atoms with van der Waals surface area (Å²) in [6.07, 6.45) is 2.30. The number of pyridine rings is 1. The normalized spacial score (nSPS) is 9.95. The van der Waals surface area contributed by atoms with Crippen molar-refractivity contribution in [2.24, 2.45) is 0 Å². The van der Waals surface area contributed by atoms with E-state index < -0.39 is 5.97 Å². The largest absolute Gasteiger partial charge is 0.476 e. The third-order valence-electron chi connectivity index (χ3n) is 2.49. The van der Waals surface area contributed by atoms with Crippen LogP contribution in [0.3, 0.4) is 0 Å². The molecule has 0 fully saturated rings. The van der Waals surface area contributed by atoms with Crippen LogP contribution in [0.5, 0.6) is 0 Å². The molecular weight excluding hydrogens is 288 g/mol. The predicted octanol–water partition coefficient (Wildman–Crippen LogP) is 1.98. The summed E-state index contributed by atoms with van der Waals surface area (Å²) in [7, 11) is 0. The number of aryl methyl sites for hydroxylation is 3. The molecule has 2 aromatic heterocycles. The van der Waals surface area contributed by atoms with E-state index in [1.165, 1.54) is 16.7 Å². The number of carboxylic acid groups (broad SMARTS) is 1. The number of thiazole rings is 1. The van der Waals surface area contributed by atoms with Crippen molar-refractivity contribution < 1.29 is 9.90 Å². The van der Waals surface area contributed by atoms with Crippen LogP contribution < -0.4 is 5.56 Å². The first-order valence-electron chi connectivity index (χ1n) is 5.41. The topological polar surface area (TPSA) is 72.2 Å². The number of hydrogen-bond donors (Lipinski definition) is 1. The fourth-order valence-corrected chi connectivity index (χ4v) is 2.29. The quantitative estimate of drug-likeness (QED) is 0.937. The highest BCUT2D eigenvalue weighted by Gasteiger charge is 2.08. The van der Waals surface area contributed by atoms with Crippen molar-refractivity contribution in [2.45, 2.75) is 19.9 Å². The number of rotatable bonds is 4. The van der Waals surface area contributed by atoms with Gasteiger partial charge in [-0.3, -0.25) is 4.79 Å². The molecule has 0 aromatic carbocycles. The third kappa shape index (κ3) is 3.90. The molecule has 0 saturated heterocycles. The van der Waals surface area contributed by atoms with E-state index >= 15 is 0 Å². The standard InChI is InChI=1S/C12H12N2O3S.ClH/c1-8-2-4-14(11(15)6-8)5-3-10-13-9(7-18-10)12(16)17;/h2,4,6-7H,3,5H2,1H3,(H,16,17);1H. The maximum absolute atomic E-state index is 11.6. The van der Waals surface area contributed by atoms with E-state index in [2.05, 4.69) is 4.98 Å². The highest BCUT2D eigenvalue weighted by molar-refractivity contribution is 7.09. The molecule has 0 atom stereocenters. The number of halogens is 1. The van der Waals surface area contributed by atoms with Gasteiger partial charge in [-0.2, -0.15) is 0 Å². The molecule has 2 heterocycles. The maximum Gasteiger partial charge on any atom is 0.355 e. The van der Waals surface area contributed by atoms with E-state index in [0.717, 1.165) is 10.6 Å². The summed E-state index contributed by atoms with van der Waals surface area (Å²) >= 11 is 1.30. The zero-order valence-corrected chi connectivity index (χ0v) is 11.8. The average molecular weight is 301 g/mol. The van der Waals surface area contributed by atoms with Crippen LogP contribution in [-0.4, -0.2) is 20.6 Å². The Bertz CT molecular complexity index is 636. The molecule has 0 bridgehead atoms. The smallest absolute Gasteiger partial charge is 0.355 e. The first kappa shape index (κ1) is 15.4. The fourth-order valence-electron chi connectivity index (χ4n) is 1.53. The molecule has 0 aliphatic heterocycles. The van der Waals surface area contributed by atoms with Gasteiger partial charge in [0.2, 0.25) is 0 Å². The Hall–Kier alpha value is -1.66. The van der Waals surface area contributed by atoms with Gasteiger partial charge in [-0.25, -0.2) is 9.78 Å². The Kier molecular flexibility index (Phi) is 5.26. The molecule has 5 nitrogen and oxygen atoms in total. The van der Waals surface area contributed by atoms with Gasteiger partial charge in [0.15, 0.2) is 5.69 Å². The third-order valence-corrected chi connectivity index (χ3v) is 3.40. The van der Waals surface area contributed by atoms with E-state index in [4.69, 9.17) is 5.11 Å². The fraction of sp³-hybridized carbons (Fsp3) is 0.250. The Morgan fingerprint density at radius 1 is 1.53 bits per heavy atom. The van der Waals surface area contributed by atoms with Crippen molar-refractivity contribution in [3.8, 4) is 0 Å². The van der Waals surface area contributed by atoms with Gasteiger partial charge < -0.3 is 9.67 Å². The van der Waals surface area contributed by atoms with Crippen molar-refractivity contribution >= 4 is 29.7 Å². The Morgan fingerprint density at radius 3 is 2.84 bits per heavy atom. The minimum Gasteiger partial charge on any atom is -0.476 e. The van der Waals surface area contributed by atoms with Gasteiger partial charge in [-0.1, -0.05) is 0 Å². The van der Waals surface area contributed by atoms with Gasteiger partial charge in [-0.15, -0.1) is 23.7 Å². The number of aromatic nitrogens is 2. The molecule has 0 amide bonds. The molecule has 1 N–H and O–H groups in total. The number of carbonyl (C=O) groups is 1. The summed E-state index contributed by atoms with van der Waals surface area (Å²) in [5, 5.41) is 11.0. The second-order valence-electron chi connectivity index (χ2n) is 3.92. The van der Waals surface area contributed by atoms with Gasteiger partial charge in [-0.05, 0) is 18.6 Å². The van der Waals surface area contributed by atoms with Gasteiger partial charge >= 0.3 is 5.97 Å². The summed E-state index contributed by atoms with van der Waals surface area (Å²) in [6, 6.07) is 3.44. The van der Waals surface area contributed by atoms with Gasteiger partial charge in [0.25, 0.3) is 5.56 Å². The summed E-state index contributed by atoms with van der Waals surface area (Å²) in [4.78, 5) is 26.3. The first-order chi connectivity index (χ1) is 8.56. The second kappa shape index (κ2) is 6.49. The van der Waals surface area contributed by atoms with Crippen molar-refractivity contribution in [1.29, 1.82) is 0 Å². The number of carboxylic acids is 1. The van der Waals surface area contributed by atoms with Gasteiger partial charge in [0, 0.05) is 30.6 Å². The van der Waals surface area contributed by atoms with Crippen molar-refractivity contribution in [2.75, 3.05) is 0 Å². The maximum atomic E-state index is 11.6. The van der Waals surface area contributed by atoms with Crippen LogP contribution in [0.4, 0.5) is 0 Å². The number of nitrogens with zero attached hydrogens (tertiary/aromatic N) is 2. The van der Waals surface area contributed by atoms with Gasteiger partial charge in [0.05, 0.1) is 5.01 Å². The Labute approximate surface area is 120 Å². The number of hydrogen-bond acceptors (Lipinski definition) is 4. The van der Waals surface area contributed by atoms with E-state index in [-0.39, 0.29) is 23.7 Å². The lowest BCUT2D eigenvalue weighted by molar-refractivity contribution is 0.0691. The molecule has 0 aliphatic rings. The van der Waals surface area contributed by atoms with E-state index in [1.807, 2.05) is 13.0 Å². The van der Waals surface area contributed by atoms with Crippen LogP contribution in [0.1, 0.15) is 21.1 Å². The molecule has 0 aliphatic carbocycles. The Balaban J connectivity index is 0.00000180. The molecule has 0 spiro atoms. The van der Waals surface area contributed by atoms with Gasteiger partial charge in [0.1, 0.15) is 0 Å². The first-order valence-corrected chi connectivity index (χ1v) is 6.29. The average Bonchev–Trinajstić information content (AvgIpc) is 2.76. The van der Waals surface area contributed by atoms with Crippen molar-refractivity contribution in [3.63, 3.8) is 0 Å². The Morgan fingerprint density at radius 2 is 2.26 bits per heavy atom. The minimum atomic E-state index is -1.02. The second-order valence-corrected chi connectivity index (χ2v) is 4.86. The molecule has 102 valence electrons. The van der Waals surface area contributed by atoms with Crippen LogP contribution in [0, 0.1) is 6.92 Å². The SMILES string of the molecule is Cc1ccn(CCc2nc(C(=O)O)cs2)c(=O)c1.Cl. The molecule has 2 aromatic rings. The van der Waals surface area contributed by atoms with Crippen molar-refractivity contribution in [1.82, 2.24) is 9.55 Å². The van der Waals surface area contributed by atoms with E-state index in [9.17, 15) is 9.59 Å². The minimum absolute atomic E-state index is 0. The highest BCUT2D eigenvalue weighted by atomic mass is 35.5. The van der Waals surface area contributed by atoms with Crippen LogP contribution in [0.2, 0.25) is 0 Å². The lowest BCUT2D eigenvalue weighted by Gasteiger charge is -2.03. The zero-order valence-electron chi connectivity index (χ0n) is 10.2. The molecule has 7 heteroatoms. The molecular formula is C12H13ClN2O3S. The van der Waals surface area contributed by atoms with E-state index in [1.54, 1.807) is 16.8 Å². The lowest BCUT2D eigenvalue weighted by Crippen LogP contribution is -2.19. The molecule has 19 heavy (non-hydrogen) atoms. The van der Waals surface area contributed by atoms with Crippen LogP contribution in [0.25, 0.3) is 0 Å². The molecule has 0 unspecified atom stereocenters. The number of aromatic carboxylic acids is 1. The summed E-state index contributed by atoms with van der Waals surface area (Å²) in [5.74, 6) is -1.02. The van der Waals surface area contributed by atoms with Crippen LogP contribution >= 0.6 is 23.7 Å². The molecule has 0 radical (unpaired) electrons. The van der Waals surface area contributed by atoms with Crippen LogP contribution in [0.15, 0.2) is 28.5 Å². The summed E-state index contributed by atoms with van der Waals surface area (Å²) < 4.78 is 1.59. The van der Waals surface area contributed by atoms with Crippen molar-refractivity contribution in [3.05, 3.63) is 50.3 Å². The molecule has 0 saturated carbocycles.